The van der Waals surface area contributed by atoms with Crippen molar-refractivity contribution in [2.45, 2.75) is 13.3 Å². The lowest BCUT2D eigenvalue weighted by atomic mass is 10.1. The Labute approximate surface area is 109 Å². The molecule has 0 aliphatic rings. The van der Waals surface area contributed by atoms with Crippen LogP contribution in [0.3, 0.4) is 0 Å². The maximum Gasteiger partial charge on any atom is 0.0303 e. The first-order chi connectivity index (χ1) is 8.84. The third-order valence-corrected chi connectivity index (χ3v) is 2.59. The van der Waals surface area contributed by atoms with Crippen molar-refractivity contribution in [3.63, 3.8) is 0 Å². The van der Waals surface area contributed by atoms with Crippen LogP contribution in [-0.4, -0.2) is 0 Å². The van der Waals surface area contributed by atoms with Gasteiger partial charge in [0.2, 0.25) is 0 Å². The number of benzene rings is 2. The minimum absolute atomic E-state index is 0.809. The molecule has 18 heavy (non-hydrogen) atoms. The summed E-state index contributed by atoms with van der Waals surface area (Å²) in [6, 6.07) is 20.4. The maximum atomic E-state index is 3.20. The maximum absolute atomic E-state index is 3.20. The van der Waals surface area contributed by atoms with Crippen LogP contribution in [0, 0.1) is 11.8 Å². The number of allylic oxidation sites excluding steroid dienone is 1. The van der Waals surface area contributed by atoms with E-state index in [2.05, 4.69) is 49.1 Å². The highest BCUT2D eigenvalue weighted by Crippen LogP contribution is 2.08. The van der Waals surface area contributed by atoms with Gasteiger partial charge in [-0.05, 0) is 24.6 Å². The highest BCUT2D eigenvalue weighted by molar-refractivity contribution is 5.53. The molecule has 0 aliphatic heterocycles. The Kier molecular flexibility index (Phi) is 4.39. The summed E-state index contributed by atoms with van der Waals surface area (Å²) >= 11 is 0. The molecule has 0 aliphatic carbocycles. The Bertz CT molecular complexity index is 566. The minimum Gasteiger partial charge on any atom is -0.0935 e. The van der Waals surface area contributed by atoms with Gasteiger partial charge in [0.25, 0.3) is 0 Å². The Morgan fingerprint density at radius 3 is 2.22 bits per heavy atom. The molecular formula is C18H16. The molecule has 2 aromatic rings. The van der Waals surface area contributed by atoms with Crippen LogP contribution in [0.2, 0.25) is 0 Å². The molecule has 0 heterocycles. The van der Waals surface area contributed by atoms with E-state index in [9.17, 15) is 0 Å². The molecule has 2 rings (SSSR count). The van der Waals surface area contributed by atoms with E-state index >= 15 is 0 Å². The molecule has 0 aromatic heterocycles. The topological polar surface area (TPSA) is 0 Å². The largest absolute Gasteiger partial charge is 0.0935 e. The van der Waals surface area contributed by atoms with Gasteiger partial charge in [0.15, 0.2) is 0 Å². The first kappa shape index (κ1) is 12.2. The second-order valence-electron chi connectivity index (χ2n) is 4.25. The van der Waals surface area contributed by atoms with E-state index in [0.29, 0.717) is 0 Å². The zero-order valence-electron chi connectivity index (χ0n) is 10.6. The van der Waals surface area contributed by atoms with Crippen molar-refractivity contribution in [3.8, 4) is 11.8 Å². The molecule has 88 valence electrons. The highest BCUT2D eigenvalue weighted by Gasteiger charge is 1.88. The molecule has 0 fully saturated rings. The molecule has 0 nitrogen and oxygen atoms in total. The van der Waals surface area contributed by atoms with Gasteiger partial charge in [-0.15, -0.1) is 0 Å². The summed E-state index contributed by atoms with van der Waals surface area (Å²) in [5.41, 5.74) is 3.59. The van der Waals surface area contributed by atoms with Gasteiger partial charge < -0.3 is 0 Å². The normalized spacial score (nSPS) is 10.6. The fraction of sp³-hybridized carbons (Fsp3) is 0.111. The van der Waals surface area contributed by atoms with Crippen molar-refractivity contribution in [3.05, 3.63) is 77.4 Å². The second-order valence-corrected chi connectivity index (χ2v) is 4.25. The lowest BCUT2D eigenvalue weighted by molar-refractivity contribution is 1.27. The molecule has 0 radical (unpaired) electrons. The molecule has 0 bridgehead atoms. The van der Waals surface area contributed by atoms with Crippen molar-refractivity contribution >= 4 is 6.08 Å². The Balaban J connectivity index is 1.99. The molecule has 2 aromatic carbocycles. The lowest BCUT2D eigenvalue weighted by Crippen LogP contribution is -1.77. The molecule has 0 atom stereocenters. The van der Waals surface area contributed by atoms with E-state index in [0.717, 1.165) is 12.0 Å². The molecule has 0 saturated heterocycles. The Morgan fingerprint density at radius 2 is 1.56 bits per heavy atom. The summed E-state index contributed by atoms with van der Waals surface area (Å²) in [4.78, 5) is 0. The molecule has 0 spiro atoms. The van der Waals surface area contributed by atoms with Crippen molar-refractivity contribution < 1.29 is 0 Å². The number of hydrogen-bond donors (Lipinski definition) is 0. The first-order valence-corrected chi connectivity index (χ1v) is 6.11. The van der Waals surface area contributed by atoms with Crippen LogP contribution in [0.5, 0.6) is 0 Å². The third kappa shape index (κ3) is 3.96. The second kappa shape index (κ2) is 6.47. The van der Waals surface area contributed by atoms with E-state index in [-0.39, 0.29) is 0 Å². The third-order valence-electron chi connectivity index (χ3n) is 2.59. The zero-order valence-corrected chi connectivity index (χ0v) is 10.6. The first-order valence-electron chi connectivity index (χ1n) is 6.11. The fourth-order valence-electron chi connectivity index (χ4n) is 1.69. The van der Waals surface area contributed by atoms with Gasteiger partial charge in [0.1, 0.15) is 0 Å². The van der Waals surface area contributed by atoms with Gasteiger partial charge in [-0.3, -0.25) is 0 Å². The molecule has 0 saturated carbocycles. The molecule has 0 N–H and O–H groups in total. The van der Waals surface area contributed by atoms with E-state index in [1.165, 1.54) is 11.1 Å². The van der Waals surface area contributed by atoms with Crippen molar-refractivity contribution in [1.29, 1.82) is 0 Å². The molecule has 0 amide bonds. The van der Waals surface area contributed by atoms with Gasteiger partial charge in [0.05, 0.1) is 0 Å². The minimum atomic E-state index is 0.809. The summed E-state index contributed by atoms with van der Waals surface area (Å²) in [5, 5.41) is 0. The van der Waals surface area contributed by atoms with Gasteiger partial charge >= 0.3 is 0 Å². The lowest BCUT2D eigenvalue weighted by Gasteiger charge is -1.95. The van der Waals surface area contributed by atoms with Gasteiger partial charge in [0, 0.05) is 12.0 Å². The van der Waals surface area contributed by atoms with Crippen molar-refractivity contribution in [1.82, 2.24) is 0 Å². The monoisotopic (exact) mass is 232 g/mol. The van der Waals surface area contributed by atoms with Crippen molar-refractivity contribution in [2.75, 3.05) is 0 Å². The quantitative estimate of drug-likeness (QED) is 0.667. The van der Waals surface area contributed by atoms with Crippen LogP contribution in [-0.2, 0) is 0 Å². The van der Waals surface area contributed by atoms with Crippen LogP contribution in [0.15, 0.2) is 66.2 Å². The SMILES string of the molecule is C/C(=C\c1ccccc1)CC#Cc1ccccc1. The van der Waals surface area contributed by atoms with E-state index in [1.54, 1.807) is 0 Å². The summed E-state index contributed by atoms with van der Waals surface area (Å²) in [5.74, 6) is 6.37. The van der Waals surface area contributed by atoms with E-state index in [4.69, 9.17) is 0 Å². The van der Waals surface area contributed by atoms with Crippen LogP contribution >= 0.6 is 0 Å². The van der Waals surface area contributed by atoms with Gasteiger partial charge in [-0.25, -0.2) is 0 Å². The predicted octanol–water partition coefficient (Wildman–Crippen LogP) is 4.53. The van der Waals surface area contributed by atoms with Crippen molar-refractivity contribution in [2.24, 2.45) is 0 Å². The molecule has 0 heteroatoms. The summed E-state index contributed by atoms with van der Waals surface area (Å²) in [7, 11) is 0. The number of hydrogen-bond acceptors (Lipinski definition) is 0. The van der Waals surface area contributed by atoms with Crippen LogP contribution in [0.1, 0.15) is 24.5 Å². The van der Waals surface area contributed by atoms with Gasteiger partial charge in [-0.1, -0.05) is 72.0 Å². The van der Waals surface area contributed by atoms with E-state index < -0.39 is 0 Å². The molecule has 0 unspecified atom stereocenters. The molecular weight excluding hydrogens is 216 g/mol. The van der Waals surface area contributed by atoms with Gasteiger partial charge in [-0.2, -0.15) is 0 Å². The Hall–Kier alpha value is -2.26. The highest BCUT2D eigenvalue weighted by atomic mass is 13.9. The summed E-state index contributed by atoms with van der Waals surface area (Å²) < 4.78 is 0. The van der Waals surface area contributed by atoms with E-state index in [1.807, 2.05) is 36.4 Å². The fourth-order valence-corrected chi connectivity index (χ4v) is 1.69. The summed E-state index contributed by atoms with van der Waals surface area (Å²) in [6.45, 7) is 2.12. The number of rotatable bonds is 2. The zero-order chi connectivity index (χ0) is 12.6. The van der Waals surface area contributed by atoms with Crippen LogP contribution in [0.25, 0.3) is 6.08 Å². The smallest absolute Gasteiger partial charge is 0.0303 e. The summed E-state index contributed by atoms with van der Waals surface area (Å²) in [6.07, 6.45) is 2.99. The predicted molar refractivity (Wildman–Crippen MR) is 78.0 cm³/mol. The van der Waals surface area contributed by atoms with Crippen LogP contribution < -0.4 is 0 Å². The average molecular weight is 232 g/mol. The standard InChI is InChI=1S/C18H16/c1-16(15-18-12-6-3-7-13-18)9-8-14-17-10-4-2-5-11-17/h2-7,10-13,15H,9H2,1H3/b16-15+. The Morgan fingerprint density at radius 1 is 0.944 bits per heavy atom. The average Bonchev–Trinajstić information content (AvgIpc) is 2.41. The van der Waals surface area contributed by atoms with Crippen LogP contribution in [0.4, 0.5) is 0 Å².